The molecule has 1 aliphatic heterocycles. The highest BCUT2D eigenvalue weighted by Gasteiger charge is 2.34. The molecule has 4 rings (SSSR count). The second-order valence-electron chi connectivity index (χ2n) is 10.2. The number of nitrogens with zero attached hydrogens (tertiary/aromatic N) is 1. The van der Waals surface area contributed by atoms with Crippen molar-refractivity contribution in [3.05, 3.63) is 47.5 Å². The van der Waals surface area contributed by atoms with Gasteiger partial charge in [0.25, 0.3) is 11.8 Å². The van der Waals surface area contributed by atoms with E-state index in [4.69, 9.17) is 18.9 Å². The summed E-state index contributed by atoms with van der Waals surface area (Å²) in [6.45, 7) is 0.875. The van der Waals surface area contributed by atoms with E-state index in [9.17, 15) is 14.4 Å². The lowest BCUT2D eigenvalue weighted by atomic mass is 9.88. The van der Waals surface area contributed by atoms with Gasteiger partial charge in [0, 0.05) is 36.3 Å². The standard InChI is InChI=1S/C30H39N3O7/c1-37-22-13-11-19(12-14-22)28(34)31-23-9-5-6-10-24(23)32-29(35)20-8-7-15-33(18-20)30(36)21-16-25(38-2)27(40-4)26(17-21)39-3/h11-14,16-17,20,23-24H,5-10,15,18H2,1-4H3,(H,31,34)(H,32,35)/t20-,23+,24+/m0/s1. The first-order chi connectivity index (χ1) is 19.4. The largest absolute Gasteiger partial charge is 0.497 e. The van der Waals surface area contributed by atoms with Crippen LogP contribution in [0.1, 0.15) is 59.2 Å². The molecule has 0 bridgehead atoms. The van der Waals surface area contributed by atoms with Gasteiger partial charge >= 0.3 is 0 Å². The molecule has 2 aromatic carbocycles. The van der Waals surface area contributed by atoms with Crippen molar-refractivity contribution in [2.24, 2.45) is 5.92 Å². The maximum Gasteiger partial charge on any atom is 0.254 e. The molecule has 0 unspecified atom stereocenters. The first-order valence-corrected chi connectivity index (χ1v) is 13.7. The lowest BCUT2D eigenvalue weighted by Gasteiger charge is -2.36. The average Bonchev–Trinajstić information content (AvgIpc) is 3.00. The summed E-state index contributed by atoms with van der Waals surface area (Å²) in [5.41, 5.74) is 0.953. The SMILES string of the molecule is COc1ccc(C(=O)N[C@@H]2CCCC[C@H]2NC(=O)[C@H]2CCCN(C(=O)c3cc(OC)c(OC)c(OC)c3)C2)cc1. The van der Waals surface area contributed by atoms with Gasteiger partial charge in [-0.2, -0.15) is 0 Å². The number of piperidine rings is 1. The molecule has 1 saturated heterocycles. The fourth-order valence-corrected chi connectivity index (χ4v) is 5.53. The zero-order chi connectivity index (χ0) is 28.6. The van der Waals surface area contributed by atoms with Crippen molar-refractivity contribution < 1.29 is 33.3 Å². The Morgan fingerprint density at radius 2 is 1.38 bits per heavy atom. The van der Waals surface area contributed by atoms with Crippen LogP contribution < -0.4 is 29.6 Å². The van der Waals surface area contributed by atoms with E-state index in [1.54, 1.807) is 48.4 Å². The molecule has 1 heterocycles. The fourth-order valence-electron chi connectivity index (χ4n) is 5.53. The molecule has 3 atom stereocenters. The summed E-state index contributed by atoms with van der Waals surface area (Å²) in [5.74, 6) is 1.11. The summed E-state index contributed by atoms with van der Waals surface area (Å²) in [6, 6.07) is 9.90. The number of carbonyl (C=O) groups is 3. The summed E-state index contributed by atoms with van der Waals surface area (Å²) in [4.78, 5) is 41.4. The predicted molar refractivity (Wildman–Crippen MR) is 149 cm³/mol. The van der Waals surface area contributed by atoms with E-state index in [-0.39, 0.29) is 35.7 Å². The lowest BCUT2D eigenvalue weighted by Crippen LogP contribution is -2.55. The fraction of sp³-hybridized carbons (Fsp3) is 0.500. The maximum absolute atomic E-state index is 13.4. The molecule has 0 spiro atoms. The minimum atomic E-state index is -0.334. The Balaban J connectivity index is 1.40. The van der Waals surface area contributed by atoms with E-state index in [1.165, 1.54) is 21.3 Å². The molecule has 216 valence electrons. The van der Waals surface area contributed by atoms with Crippen LogP contribution >= 0.6 is 0 Å². The van der Waals surface area contributed by atoms with Crippen LogP contribution in [0, 0.1) is 5.92 Å². The van der Waals surface area contributed by atoms with Crippen LogP contribution in [0.5, 0.6) is 23.0 Å². The second kappa shape index (κ2) is 13.4. The smallest absolute Gasteiger partial charge is 0.254 e. The second-order valence-corrected chi connectivity index (χ2v) is 10.2. The molecular formula is C30H39N3O7. The normalized spacial score (nSPS) is 20.7. The van der Waals surface area contributed by atoms with Crippen molar-refractivity contribution in [1.82, 2.24) is 15.5 Å². The van der Waals surface area contributed by atoms with Crippen molar-refractivity contribution in [2.75, 3.05) is 41.5 Å². The number of ether oxygens (including phenoxy) is 4. The van der Waals surface area contributed by atoms with Gasteiger partial charge in [-0.15, -0.1) is 0 Å². The molecule has 2 fully saturated rings. The van der Waals surface area contributed by atoms with Crippen LogP contribution in [-0.2, 0) is 4.79 Å². The van der Waals surface area contributed by atoms with Crippen molar-refractivity contribution in [1.29, 1.82) is 0 Å². The van der Waals surface area contributed by atoms with Gasteiger partial charge in [0.15, 0.2) is 11.5 Å². The first-order valence-electron chi connectivity index (χ1n) is 13.7. The number of methoxy groups -OCH3 is 4. The number of likely N-dealkylation sites (tertiary alicyclic amines) is 1. The summed E-state index contributed by atoms with van der Waals surface area (Å²) in [6.07, 6.45) is 4.97. The Morgan fingerprint density at radius 1 is 0.750 bits per heavy atom. The quantitative estimate of drug-likeness (QED) is 0.489. The third-order valence-corrected chi connectivity index (χ3v) is 7.75. The minimum Gasteiger partial charge on any atom is -0.497 e. The van der Waals surface area contributed by atoms with E-state index in [0.717, 1.165) is 32.1 Å². The Hall–Kier alpha value is -3.95. The molecule has 1 saturated carbocycles. The van der Waals surface area contributed by atoms with E-state index in [1.807, 2.05) is 0 Å². The van der Waals surface area contributed by atoms with Gasteiger partial charge in [0.2, 0.25) is 11.7 Å². The molecule has 2 aromatic rings. The highest BCUT2D eigenvalue weighted by molar-refractivity contribution is 5.96. The molecule has 10 nitrogen and oxygen atoms in total. The number of hydrogen-bond acceptors (Lipinski definition) is 7. The number of nitrogens with one attached hydrogen (secondary N) is 2. The Bertz CT molecular complexity index is 1180. The number of benzene rings is 2. The number of carbonyl (C=O) groups excluding carboxylic acids is 3. The van der Waals surface area contributed by atoms with Crippen molar-refractivity contribution in [3.8, 4) is 23.0 Å². The van der Waals surface area contributed by atoms with E-state index in [0.29, 0.717) is 53.6 Å². The predicted octanol–water partition coefficient (Wildman–Crippen LogP) is 3.43. The average molecular weight is 554 g/mol. The van der Waals surface area contributed by atoms with Crippen molar-refractivity contribution >= 4 is 17.7 Å². The molecule has 1 aliphatic carbocycles. The summed E-state index contributed by atoms with van der Waals surface area (Å²) in [7, 11) is 6.10. The topological polar surface area (TPSA) is 115 Å². The Morgan fingerprint density at radius 3 is 1.95 bits per heavy atom. The molecule has 40 heavy (non-hydrogen) atoms. The van der Waals surface area contributed by atoms with Crippen molar-refractivity contribution in [2.45, 2.75) is 50.6 Å². The van der Waals surface area contributed by atoms with Crippen LogP contribution in [0.25, 0.3) is 0 Å². The molecule has 2 aliphatic rings. The number of hydrogen-bond donors (Lipinski definition) is 2. The van der Waals surface area contributed by atoms with Gasteiger partial charge in [-0.05, 0) is 62.1 Å². The summed E-state index contributed by atoms with van der Waals surface area (Å²) in [5, 5.41) is 6.31. The lowest BCUT2D eigenvalue weighted by molar-refractivity contribution is -0.127. The zero-order valence-electron chi connectivity index (χ0n) is 23.7. The number of rotatable bonds is 9. The molecule has 0 aromatic heterocycles. The van der Waals surface area contributed by atoms with Crippen molar-refractivity contribution in [3.63, 3.8) is 0 Å². The third kappa shape index (κ3) is 6.60. The third-order valence-electron chi connectivity index (χ3n) is 7.75. The minimum absolute atomic E-state index is 0.0852. The van der Waals surface area contributed by atoms with Crippen LogP contribution in [0.4, 0.5) is 0 Å². The van der Waals surface area contributed by atoms with Gasteiger partial charge in [-0.25, -0.2) is 0 Å². The molecule has 2 N–H and O–H groups in total. The van der Waals surface area contributed by atoms with E-state index >= 15 is 0 Å². The van der Waals surface area contributed by atoms with Gasteiger partial charge in [0.1, 0.15) is 5.75 Å². The van der Waals surface area contributed by atoms with Gasteiger partial charge in [0.05, 0.1) is 34.4 Å². The van der Waals surface area contributed by atoms with Crippen LogP contribution in [0.3, 0.4) is 0 Å². The summed E-state index contributed by atoms with van der Waals surface area (Å²) < 4.78 is 21.3. The molecule has 0 radical (unpaired) electrons. The van der Waals surface area contributed by atoms with E-state index < -0.39 is 0 Å². The molecular weight excluding hydrogens is 514 g/mol. The zero-order valence-corrected chi connectivity index (χ0v) is 23.7. The van der Waals surface area contributed by atoms with Crippen LogP contribution in [0.2, 0.25) is 0 Å². The van der Waals surface area contributed by atoms with Gasteiger partial charge in [-0.3, -0.25) is 14.4 Å². The highest BCUT2D eigenvalue weighted by Crippen LogP contribution is 2.38. The number of amides is 3. The van der Waals surface area contributed by atoms with Gasteiger partial charge in [-0.1, -0.05) is 12.8 Å². The van der Waals surface area contributed by atoms with Crippen LogP contribution in [0.15, 0.2) is 36.4 Å². The monoisotopic (exact) mass is 553 g/mol. The first kappa shape index (κ1) is 29.0. The van der Waals surface area contributed by atoms with Gasteiger partial charge < -0.3 is 34.5 Å². The van der Waals surface area contributed by atoms with Crippen LogP contribution in [-0.4, -0.2) is 76.2 Å². The summed E-state index contributed by atoms with van der Waals surface area (Å²) >= 11 is 0. The molecule has 3 amide bonds. The Kier molecular flexibility index (Phi) is 9.74. The maximum atomic E-state index is 13.4. The molecule has 10 heteroatoms. The highest BCUT2D eigenvalue weighted by atomic mass is 16.5. The Labute approximate surface area is 235 Å². The van der Waals surface area contributed by atoms with E-state index in [2.05, 4.69) is 10.6 Å².